The average molecular weight is 272 g/mol. The smallest absolute Gasteiger partial charge is 0.0967 e. The molecule has 0 saturated heterocycles. The van der Waals surface area contributed by atoms with Crippen molar-refractivity contribution >= 4 is 34.8 Å². The number of aliphatic hydroxyl groups is 1. The Morgan fingerprint density at radius 2 is 1.47 bits per heavy atom. The van der Waals surface area contributed by atoms with Crippen LogP contribution in [0.4, 0.5) is 0 Å². The number of rotatable bonds is 1. The highest BCUT2D eigenvalue weighted by atomic mass is 35.5. The van der Waals surface area contributed by atoms with Gasteiger partial charge in [-0.1, -0.05) is 43.6 Å². The second-order valence-electron chi connectivity index (χ2n) is 2.97. The molecule has 1 nitrogen and oxygen atoms in total. The topological polar surface area (TPSA) is 20.2 Å². The Bertz CT molecular complexity index is 202. The number of hydrogen-bond donors (Lipinski definition) is 1. The monoisotopic (exact) mass is 270 g/mol. The second kappa shape index (κ2) is 14.1. The van der Waals surface area contributed by atoms with Gasteiger partial charge in [0.25, 0.3) is 0 Å². The van der Waals surface area contributed by atoms with Crippen LogP contribution in [0.15, 0.2) is 30.3 Å². The minimum Gasteiger partial charge on any atom is -0.396 e. The van der Waals surface area contributed by atoms with Gasteiger partial charge in [-0.2, -0.15) is 0 Å². The van der Waals surface area contributed by atoms with Crippen LogP contribution in [0.5, 0.6) is 0 Å². The molecule has 0 aliphatic rings. The predicted molar refractivity (Wildman–Crippen MR) is 69.9 cm³/mol. The molecule has 0 radical (unpaired) electrons. The molecule has 0 aliphatic heterocycles. The minimum atomic E-state index is 0.194. The normalized spacial score (nSPS) is 8.47. The largest absolute Gasteiger partial charge is 0.396 e. The molecule has 1 aromatic rings. The van der Waals surface area contributed by atoms with E-state index in [0.29, 0.717) is 12.5 Å². The van der Waals surface area contributed by atoms with E-state index in [1.54, 1.807) is 0 Å². The minimum absolute atomic E-state index is 0.194. The molecular weight excluding hydrogens is 254 g/mol. The van der Waals surface area contributed by atoms with Crippen molar-refractivity contribution in [2.75, 3.05) is 11.9 Å². The van der Waals surface area contributed by atoms with Crippen molar-refractivity contribution in [1.29, 1.82) is 0 Å². The lowest BCUT2D eigenvalue weighted by Crippen LogP contribution is -1.90. The van der Waals surface area contributed by atoms with Crippen molar-refractivity contribution in [2.45, 2.75) is 13.8 Å². The zero-order valence-electron chi connectivity index (χ0n) is 8.96. The summed E-state index contributed by atoms with van der Waals surface area (Å²) in [6, 6.07) is 9.44. The standard InChI is InChI=1S/C6H5Cl.C4H10O.CH2Cl2/c7-6-4-2-1-3-5-6;1-4(2)3-5;2-1-3/h1-5H;4-5H,3H2,1-2H3;1H2. The van der Waals surface area contributed by atoms with Crippen molar-refractivity contribution in [1.82, 2.24) is 0 Å². The van der Waals surface area contributed by atoms with Crippen LogP contribution in [0.1, 0.15) is 13.8 Å². The summed E-state index contributed by atoms with van der Waals surface area (Å²) in [5.41, 5.74) is 0. The van der Waals surface area contributed by atoms with Gasteiger partial charge < -0.3 is 5.11 Å². The molecule has 0 atom stereocenters. The zero-order valence-corrected chi connectivity index (χ0v) is 11.2. The number of alkyl halides is 2. The molecule has 0 bridgehead atoms. The summed E-state index contributed by atoms with van der Waals surface area (Å²) in [7, 11) is 0. The van der Waals surface area contributed by atoms with Gasteiger partial charge in [-0.15, -0.1) is 23.2 Å². The summed E-state index contributed by atoms with van der Waals surface area (Å²) in [6.45, 7) is 4.25. The van der Waals surface area contributed by atoms with Gasteiger partial charge in [-0.05, 0) is 18.1 Å². The van der Waals surface area contributed by atoms with E-state index in [-0.39, 0.29) is 5.34 Å². The molecule has 1 N–H and O–H groups in total. The summed E-state index contributed by atoms with van der Waals surface area (Å²) >= 11 is 15.1. The second-order valence-corrected chi connectivity index (χ2v) is 4.22. The van der Waals surface area contributed by atoms with Crippen LogP contribution in [0.3, 0.4) is 0 Å². The number of benzene rings is 1. The molecule has 0 amide bonds. The maximum Gasteiger partial charge on any atom is 0.0967 e. The molecule has 0 spiro atoms. The highest BCUT2D eigenvalue weighted by Gasteiger charge is 1.81. The summed E-state index contributed by atoms with van der Waals surface area (Å²) < 4.78 is 0. The van der Waals surface area contributed by atoms with E-state index in [9.17, 15) is 0 Å². The maximum absolute atomic E-state index is 8.14. The average Bonchev–Trinajstić information content (AvgIpc) is 2.21. The Morgan fingerprint density at radius 1 is 1.13 bits per heavy atom. The van der Waals surface area contributed by atoms with Crippen molar-refractivity contribution in [2.24, 2.45) is 5.92 Å². The van der Waals surface area contributed by atoms with E-state index in [4.69, 9.17) is 39.9 Å². The van der Waals surface area contributed by atoms with Gasteiger partial charge in [0.2, 0.25) is 0 Å². The van der Waals surface area contributed by atoms with E-state index in [1.165, 1.54) is 0 Å². The molecule has 0 fully saturated rings. The van der Waals surface area contributed by atoms with Gasteiger partial charge in [-0.3, -0.25) is 0 Å². The van der Waals surface area contributed by atoms with Crippen LogP contribution in [-0.2, 0) is 0 Å². The first kappa shape index (κ1) is 17.4. The van der Waals surface area contributed by atoms with Gasteiger partial charge in [-0.25, -0.2) is 0 Å². The van der Waals surface area contributed by atoms with E-state index in [1.807, 2.05) is 44.2 Å². The van der Waals surface area contributed by atoms with Crippen molar-refractivity contribution in [3.8, 4) is 0 Å². The molecule has 0 saturated carbocycles. The molecule has 1 aromatic carbocycles. The Labute approximate surface area is 107 Å². The van der Waals surface area contributed by atoms with Crippen LogP contribution in [0, 0.1) is 5.92 Å². The molecule has 0 unspecified atom stereocenters. The fraction of sp³-hybridized carbons (Fsp3) is 0.455. The molecular formula is C11H17Cl3O. The highest BCUT2D eigenvalue weighted by Crippen LogP contribution is 2.03. The fourth-order valence-electron chi connectivity index (χ4n) is 0.415. The lowest BCUT2D eigenvalue weighted by molar-refractivity contribution is 0.248. The Balaban J connectivity index is 0. The van der Waals surface area contributed by atoms with E-state index in [0.717, 1.165) is 5.02 Å². The Kier molecular flexibility index (Phi) is 16.3. The molecule has 88 valence electrons. The van der Waals surface area contributed by atoms with Crippen LogP contribution in [0.2, 0.25) is 5.02 Å². The lowest BCUT2D eigenvalue weighted by atomic mass is 10.2. The number of hydrogen-bond acceptors (Lipinski definition) is 1. The summed E-state index contributed by atoms with van der Waals surface area (Å²) in [5.74, 6) is 0.440. The third-order valence-corrected chi connectivity index (χ3v) is 1.35. The SMILES string of the molecule is CC(C)CO.ClCCl.Clc1ccccc1. The lowest BCUT2D eigenvalue weighted by Gasteiger charge is -1.90. The van der Waals surface area contributed by atoms with Crippen LogP contribution in [0.25, 0.3) is 0 Å². The first-order chi connectivity index (χ1) is 7.08. The quantitative estimate of drug-likeness (QED) is 0.751. The van der Waals surface area contributed by atoms with E-state index in [2.05, 4.69) is 0 Å². The molecule has 1 rings (SSSR count). The van der Waals surface area contributed by atoms with Crippen LogP contribution < -0.4 is 0 Å². The summed E-state index contributed by atoms with van der Waals surface area (Å²) in [4.78, 5) is 0. The highest BCUT2D eigenvalue weighted by molar-refractivity contribution is 6.40. The first-order valence-electron chi connectivity index (χ1n) is 4.51. The molecule has 15 heavy (non-hydrogen) atoms. The maximum atomic E-state index is 8.14. The van der Waals surface area contributed by atoms with Crippen molar-refractivity contribution in [3.05, 3.63) is 35.4 Å². The zero-order chi connectivity index (χ0) is 12.1. The molecule has 0 aromatic heterocycles. The third-order valence-electron chi connectivity index (χ3n) is 1.10. The first-order valence-corrected chi connectivity index (χ1v) is 5.96. The summed E-state index contributed by atoms with van der Waals surface area (Å²) in [5, 5.41) is 9.13. The van der Waals surface area contributed by atoms with Gasteiger partial charge in [0.05, 0.1) is 5.34 Å². The number of aliphatic hydroxyl groups excluding tert-OH is 1. The fourth-order valence-corrected chi connectivity index (χ4v) is 0.560. The van der Waals surface area contributed by atoms with Gasteiger partial charge >= 0.3 is 0 Å². The van der Waals surface area contributed by atoms with E-state index >= 15 is 0 Å². The van der Waals surface area contributed by atoms with Gasteiger partial charge in [0, 0.05) is 11.6 Å². The van der Waals surface area contributed by atoms with Gasteiger partial charge in [0.15, 0.2) is 0 Å². The van der Waals surface area contributed by atoms with Gasteiger partial charge in [0.1, 0.15) is 0 Å². The van der Waals surface area contributed by atoms with Crippen LogP contribution >= 0.6 is 34.8 Å². The van der Waals surface area contributed by atoms with E-state index < -0.39 is 0 Å². The third kappa shape index (κ3) is 20.2. The molecule has 4 heteroatoms. The Hall–Kier alpha value is 0.0500. The van der Waals surface area contributed by atoms with Crippen LogP contribution in [-0.4, -0.2) is 17.1 Å². The molecule has 0 heterocycles. The number of halogens is 3. The van der Waals surface area contributed by atoms with Crippen molar-refractivity contribution < 1.29 is 5.11 Å². The Morgan fingerprint density at radius 3 is 1.60 bits per heavy atom. The van der Waals surface area contributed by atoms with Crippen molar-refractivity contribution in [3.63, 3.8) is 0 Å². The molecule has 0 aliphatic carbocycles. The summed E-state index contributed by atoms with van der Waals surface area (Å²) in [6.07, 6.45) is 0. The predicted octanol–water partition coefficient (Wildman–Crippen LogP) is 4.40.